The molecule has 0 saturated carbocycles. The summed E-state index contributed by atoms with van der Waals surface area (Å²) in [5, 5.41) is 0. The quantitative estimate of drug-likeness (QED) is 0.802. The van der Waals surface area contributed by atoms with Crippen molar-refractivity contribution in [1.82, 2.24) is 0 Å². The summed E-state index contributed by atoms with van der Waals surface area (Å²) in [4.78, 5) is 2.17. The van der Waals surface area contributed by atoms with Gasteiger partial charge in [0, 0.05) is 16.2 Å². The van der Waals surface area contributed by atoms with E-state index >= 15 is 0 Å². The highest BCUT2D eigenvalue weighted by Gasteiger charge is 2.16. The Hall–Kier alpha value is -0.480. The largest absolute Gasteiger partial charge is 0.323 e. The van der Waals surface area contributed by atoms with E-state index in [1.165, 1.54) is 4.88 Å². The topological polar surface area (TPSA) is 26.0 Å². The molecule has 0 spiro atoms. The van der Waals surface area contributed by atoms with Gasteiger partial charge in [0.05, 0.1) is 6.04 Å². The Labute approximate surface area is 80.6 Å². The fourth-order valence-electron chi connectivity index (χ4n) is 1.04. The molecular weight excluding hydrogens is 192 g/mol. The third-order valence-corrected chi connectivity index (χ3v) is 3.08. The van der Waals surface area contributed by atoms with Gasteiger partial charge in [-0.1, -0.05) is 6.92 Å². The third kappa shape index (κ3) is 3.04. The average molecular weight is 205 g/mol. The number of hydrogen-bond acceptors (Lipinski definition) is 2. The number of nitrogens with two attached hydrogens (primary N) is 1. The number of alkyl halides is 2. The molecule has 0 saturated heterocycles. The molecule has 1 nitrogen and oxygen atoms in total. The number of rotatable bonds is 4. The van der Waals surface area contributed by atoms with E-state index in [2.05, 4.69) is 0 Å². The van der Waals surface area contributed by atoms with E-state index in [0.717, 1.165) is 11.3 Å². The first-order chi connectivity index (χ1) is 6.13. The van der Waals surface area contributed by atoms with Gasteiger partial charge < -0.3 is 5.73 Å². The second kappa shape index (κ2) is 4.67. The van der Waals surface area contributed by atoms with Gasteiger partial charge in [0.15, 0.2) is 0 Å². The monoisotopic (exact) mass is 205 g/mol. The van der Waals surface area contributed by atoms with Gasteiger partial charge in [-0.25, -0.2) is 8.78 Å². The molecule has 0 aliphatic heterocycles. The standard InChI is InChI=1S/C9H13F2NS/c1-2-6-3-4-7(13-6)5-8(12)9(10)11/h3-4,8-9H,2,5,12H2,1H3. The summed E-state index contributed by atoms with van der Waals surface area (Å²) in [6.07, 6.45) is -1.19. The zero-order valence-corrected chi connectivity index (χ0v) is 8.28. The molecule has 2 N–H and O–H groups in total. The minimum absolute atomic E-state index is 0.280. The zero-order valence-electron chi connectivity index (χ0n) is 7.47. The van der Waals surface area contributed by atoms with Crippen LogP contribution in [-0.2, 0) is 12.8 Å². The molecule has 1 atom stereocenters. The Morgan fingerprint density at radius 2 is 2.00 bits per heavy atom. The van der Waals surface area contributed by atoms with Crippen molar-refractivity contribution in [2.24, 2.45) is 5.73 Å². The predicted octanol–water partition coefficient (Wildman–Crippen LogP) is 2.45. The predicted molar refractivity (Wildman–Crippen MR) is 51.4 cm³/mol. The summed E-state index contributed by atoms with van der Waals surface area (Å²) in [7, 11) is 0. The molecule has 1 rings (SSSR count). The molecule has 1 aromatic heterocycles. The lowest BCUT2D eigenvalue weighted by Gasteiger charge is -2.07. The second-order valence-corrected chi connectivity index (χ2v) is 4.18. The van der Waals surface area contributed by atoms with Crippen LogP contribution in [-0.4, -0.2) is 12.5 Å². The molecule has 0 aromatic carbocycles. The molecule has 1 aromatic rings. The van der Waals surface area contributed by atoms with E-state index in [9.17, 15) is 8.78 Å². The van der Waals surface area contributed by atoms with Crippen LogP contribution >= 0.6 is 11.3 Å². The first kappa shape index (κ1) is 10.6. The van der Waals surface area contributed by atoms with Crippen LogP contribution < -0.4 is 5.73 Å². The van der Waals surface area contributed by atoms with Crippen molar-refractivity contribution in [3.05, 3.63) is 21.9 Å². The van der Waals surface area contributed by atoms with Gasteiger partial charge in [-0.15, -0.1) is 11.3 Å². The SMILES string of the molecule is CCc1ccc(CC(N)C(F)F)s1. The van der Waals surface area contributed by atoms with E-state index in [-0.39, 0.29) is 6.42 Å². The van der Waals surface area contributed by atoms with Crippen molar-refractivity contribution >= 4 is 11.3 Å². The summed E-state index contributed by atoms with van der Waals surface area (Å²) >= 11 is 1.57. The Kier molecular flexibility index (Phi) is 3.81. The van der Waals surface area contributed by atoms with Gasteiger partial charge >= 0.3 is 0 Å². The lowest BCUT2D eigenvalue weighted by molar-refractivity contribution is 0.116. The van der Waals surface area contributed by atoms with Crippen molar-refractivity contribution in [3.8, 4) is 0 Å². The highest BCUT2D eigenvalue weighted by molar-refractivity contribution is 7.11. The van der Waals surface area contributed by atoms with Crippen LogP contribution in [0.15, 0.2) is 12.1 Å². The van der Waals surface area contributed by atoms with Gasteiger partial charge in [-0.05, 0) is 18.6 Å². The summed E-state index contributed by atoms with van der Waals surface area (Å²) < 4.78 is 24.2. The van der Waals surface area contributed by atoms with E-state index in [1.54, 1.807) is 11.3 Å². The fourth-order valence-corrected chi connectivity index (χ4v) is 2.07. The highest BCUT2D eigenvalue weighted by Crippen LogP contribution is 2.19. The normalized spacial score (nSPS) is 13.6. The van der Waals surface area contributed by atoms with E-state index < -0.39 is 12.5 Å². The Bertz CT molecular complexity index is 260. The smallest absolute Gasteiger partial charge is 0.253 e. The van der Waals surface area contributed by atoms with Gasteiger partial charge in [0.2, 0.25) is 0 Å². The van der Waals surface area contributed by atoms with Gasteiger partial charge in [-0.3, -0.25) is 0 Å². The Morgan fingerprint density at radius 1 is 1.38 bits per heavy atom. The molecule has 4 heteroatoms. The summed E-state index contributed by atoms with van der Waals surface area (Å²) in [5.41, 5.74) is 5.26. The number of halogens is 2. The molecular formula is C9H13F2NS. The van der Waals surface area contributed by atoms with Crippen molar-refractivity contribution in [2.75, 3.05) is 0 Å². The molecule has 1 heterocycles. The molecule has 13 heavy (non-hydrogen) atoms. The number of aryl methyl sites for hydroxylation is 1. The third-order valence-electron chi connectivity index (χ3n) is 1.83. The van der Waals surface area contributed by atoms with Crippen LogP contribution in [0, 0.1) is 0 Å². The highest BCUT2D eigenvalue weighted by atomic mass is 32.1. The minimum Gasteiger partial charge on any atom is -0.323 e. The maximum Gasteiger partial charge on any atom is 0.253 e. The van der Waals surface area contributed by atoms with E-state index in [4.69, 9.17) is 5.73 Å². The molecule has 74 valence electrons. The van der Waals surface area contributed by atoms with Crippen LogP contribution in [0.2, 0.25) is 0 Å². The lowest BCUT2D eigenvalue weighted by atomic mass is 10.2. The number of thiophene rings is 1. The van der Waals surface area contributed by atoms with Crippen molar-refractivity contribution in [2.45, 2.75) is 32.2 Å². The zero-order chi connectivity index (χ0) is 9.84. The second-order valence-electron chi connectivity index (χ2n) is 2.92. The number of hydrogen-bond donors (Lipinski definition) is 1. The molecule has 0 amide bonds. The molecule has 0 bridgehead atoms. The fraction of sp³-hybridized carbons (Fsp3) is 0.556. The Morgan fingerprint density at radius 3 is 2.46 bits per heavy atom. The first-order valence-electron chi connectivity index (χ1n) is 4.24. The molecule has 1 unspecified atom stereocenters. The van der Waals surface area contributed by atoms with Gasteiger partial charge in [0.25, 0.3) is 6.43 Å². The van der Waals surface area contributed by atoms with Crippen LogP contribution in [0.4, 0.5) is 8.78 Å². The maximum absolute atomic E-state index is 12.1. The van der Waals surface area contributed by atoms with Gasteiger partial charge in [-0.2, -0.15) is 0 Å². The van der Waals surface area contributed by atoms with Crippen molar-refractivity contribution in [1.29, 1.82) is 0 Å². The lowest BCUT2D eigenvalue weighted by Crippen LogP contribution is -2.30. The summed E-state index contributed by atoms with van der Waals surface area (Å²) in [6, 6.07) is 2.83. The molecule has 0 aliphatic carbocycles. The van der Waals surface area contributed by atoms with Crippen molar-refractivity contribution < 1.29 is 8.78 Å². The van der Waals surface area contributed by atoms with E-state index in [0.29, 0.717) is 0 Å². The van der Waals surface area contributed by atoms with Crippen LogP contribution in [0.3, 0.4) is 0 Å². The first-order valence-corrected chi connectivity index (χ1v) is 5.06. The minimum atomic E-state index is -2.42. The molecule has 0 radical (unpaired) electrons. The summed E-state index contributed by atoms with van der Waals surface area (Å²) in [6.45, 7) is 2.04. The molecule has 0 aliphatic rings. The molecule has 0 fully saturated rings. The average Bonchev–Trinajstić information content (AvgIpc) is 2.52. The maximum atomic E-state index is 12.1. The summed E-state index contributed by atoms with van der Waals surface area (Å²) in [5.74, 6) is 0. The van der Waals surface area contributed by atoms with Crippen LogP contribution in [0.5, 0.6) is 0 Å². The van der Waals surface area contributed by atoms with Crippen LogP contribution in [0.1, 0.15) is 16.7 Å². The van der Waals surface area contributed by atoms with Crippen molar-refractivity contribution in [3.63, 3.8) is 0 Å². The van der Waals surface area contributed by atoms with Gasteiger partial charge in [0.1, 0.15) is 0 Å². The Balaban J connectivity index is 2.53. The van der Waals surface area contributed by atoms with E-state index in [1.807, 2.05) is 19.1 Å². The van der Waals surface area contributed by atoms with Crippen LogP contribution in [0.25, 0.3) is 0 Å².